The highest BCUT2D eigenvalue weighted by molar-refractivity contribution is 6.32. The molecule has 1 aliphatic rings. The second-order valence-electron chi connectivity index (χ2n) is 8.15. The number of fused-ring (bicyclic) bond motifs is 2. The Morgan fingerprint density at radius 2 is 2.09 bits per heavy atom. The summed E-state index contributed by atoms with van der Waals surface area (Å²) in [5.41, 5.74) is 7.59. The number of nitrogen functional groups attached to an aromatic ring is 1. The van der Waals surface area contributed by atoms with Gasteiger partial charge in [0.2, 0.25) is 5.91 Å². The fourth-order valence-electron chi connectivity index (χ4n) is 4.17. The molecule has 0 radical (unpaired) electrons. The lowest BCUT2D eigenvalue weighted by molar-refractivity contribution is -0.119. The van der Waals surface area contributed by atoms with E-state index in [-0.39, 0.29) is 34.1 Å². The SMILES string of the molecule is CC1(c2ccc(Cl)c(O)c2)C(=O)Nc2nc(-c3cn4ncnc4c(CCCCF)n3)nc(N)c21. The first-order chi connectivity index (χ1) is 16.3. The van der Waals surface area contributed by atoms with E-state index in [1.165, 1.54) is 18.5 Å². The maximum atomic E-state index is 13.1. The van der Waals surface area contributed by atoms with Crippen molar-refractivity contribution in [2.24, 2.45) is 0 Å². The molecule has 4 N–H and O–H groups in total. The molecule has 0 bridgehead atoms. The predicted molar refractivity (Wildman–Crippen MR) is 123 cm³/mol. The highest BCUT2D eigenvalue weighted by Crippen LogP contribution is 2.46. The van der Waals surface area contributed by atoms with Crippen LogP contribution in [0.15, 0.2) is 30.7 Å². The molecule has 12 heteroatoms. The third-order valence-corrected chi connectivity index (χ3v) is 6.32. The van der Waals surface area contributed by atoms with Gasteiger partial charge in [-0.1, -0.05) is 17.7 Å². The second kappa shape index (κ2) is 8.17. The quantitative estimate of drug-likeness (QED) is 0.355. The number of rotatable bonds is 6. The van der Waals surface area contributed by atoms with Crippen LogP contribution < -0.4 is 11.1 Å². The van der Waals surface area contributed by atoms with Crippen LogP contribution in [0.25, 0.3) is 17.2 Å². The molecule has 4 heterocycles. The number of hydrogen-bond donors (Lipinski definition) is 3. The van der Waals surface area contributed by atoms with Gasteiger partial charge in [-0.3, -0.25) is 9.18 Å². The molecule has 4 aromatic rings. The number of carbonyl (C=O) groups is 1. The molecular weight excluding hydrogens is 463 g/mol. The number of nitrogens with one attached hydrogen (secondary N) is 1. The number of carbonyl (C=O) groups excluding carboxylic acids is 1. The van der Waals surface area contributed by atoms with E-state index in [1.807, 2.05) is 0 Å². The maximum Gasteiger partial charge on any atom is 0.240 e. The van der Waals surface area contributed by atoms with E-state index < -0.39 is 12.1 Å². The number of phenols is 1. The Labute approximate surface area is 198 Å². The van der Waals surface area contributed by atoms with E-state index in [2.05, 4.69) is 30.4 Å². The lowest BCUT2D eigenvalue weighted by Gasteiger charge is -2.23. The molecule has 0 fully saturated rings. The van der Waals surface area contributed by atoms with Crippen molar-refractivity contribution in [1.29, 1.82) is 0 Å². The fourth-order valence-corrected chi connectivity index (χ4v) is 4.29. The molecule has 1 aromatic carbocycles. The van der Waals surface area contributed by atoms with Crippen molar-refractivity contribution in [1.82, 2.24) is 29.5 Å². The van der Waals surface area contributed by atoms with Gasteiger partial charge in [0.1, 0.15) is 34.8 Å². The number of aromatic nitrogens is 6. The third kappa shape index (κ3) is 3.39. The van der Waals surface area contributed by atoms with E-state index in [1.54, 1.807) is 23.7 Å². The Kier molecular flexibility index (Phi) is 5.28. The normalized spacial score (nSPS) is 17.2. The predicted octanol–water partition coefficient (Wildman–Crippen LogP) is 3.07. The standard InChI is InChI=1S/C22H20ClFN8O2/c1-22(11-5-6-12(23)15(33)8-11)16-17(25)29-18(30-19(16)31-21(22)34)14-9-32-20(26-10-27-32)13(28-14)4-2-3-7-24/h5-6,8-10,33H,2-4,7H2,1H3,(H3,25,29,30,31,34). The Bertz CT molecular complexity index is 1440. The fraction of sp³-hybridized carbons (Fsp3) is 0.273. The molecule has 0 saturated heterocycles. The van der Waals surface area contributed by atoms with E-state index in [4.69, 9.17) is 17.3 Å². The average Bonchev–Trinajstić information content (AvgIpc) is 3.38. The molecule has 1 unspecified atom stereocenters. The van der Waals surface area contributed by atoms with Crippen molar-refractivity contribution in [3.63, 3.8) is 0 Å². The number of phenolic OH excluding ortho intramolecular Hbond substituents is 1. The molecule has 1 aliphatic heterocycles. The van der Waals surface area contributed by atoms with Gasteiger partial charge in [-0.05, 0) is 43.9 Å². The van der Waals surface area contributed by atoms with Gasteiger partial charge < -0.3 is 16.2 Å². The molecule has 0 aliphatic carbocycles. The van der Waals surface area contributed by atoms with E-state index >= 15 is 0 Å². The van der Waals surface area contributed by atoms with E-state index in [0.29, 0.717) is 47.4 Å². The van der Waals surface area contributed by atoms with Crippen molar-refractivity contribution in [2.75, 3.05) is 17.7 Å². The molecule has 0 saturated carbocycles. The number of hydrogen-bond acceptors (Lipinski definition) is 8. The van der Waals surface area contributed by atoms with Crippen molar-refractivity contribution in [3.8, 4) is 17.3 Å². The zero-order chi connectivity index (χ0) is 24.0. The molecule has 0 spiro atoms. The summed E-state index contributed by atoms with van der Waals surface area (Å²) in [6.07, 6.45) is 4.56. The Morgan fingerprint density at radius 3 is 2.85 bits per heavy atom. The van der Waals surface area contributed by atoms with Gasteiger partial charge in [-0.15, -0.1) is 0 Å². The lowest BCUT2D eigenvalue weighted by Crippen LogP contribution is -2.32. The summed E-state index contributed by atoms with van der Waals surface area (Å²) in [5, 5.41) is 17.2. The summed E-state index contributed by atoms with van der Waals surface area (Å²) in [6.45, 7) is 1.27. The van der Waals surface area contributed by atoms with E-state index in [0.717, 1.165) is 0 Å². The van der Waals surface area contributed by atoms with Gasteiger partial charge in [0, 0.05) is 0 Å². The van der Waals surface area contributed by atoms with Gasteiger partial charge in [-0.25, -0.2) is 24.5 Å². The first-order valence-corrected chi connectivity index (χ1v) is 10.9. The number of amides is 1. The smallest absolute Gasteiger partial charge is 0.240 e. The minimum Gasteiger partial charge on any atom is -0.506 e. The van der Waals surface area contributed by atoms with Gasteiger partial charge in [0.05, 0.1) is 29.2 Å². The van der Waals surface area contributed by atoms with Crippen molar-refractivity contribution < 1.29 is 14.3 Å². The minimum absolute atomic E-state index is 0.0924. The molecule has 1 amide bonds. The Hall–Kier alpha value is -3.86. The number of anilines is 2. The van der Waals surface area contributed by atoms with Gasteiger partial charge in [0.15, 0.2) is 11.5 Å². The molecule has 3 aromatic heterocycles. The van der Waals surface area contributed by atoms with Crippen molar-refractivity contribution >= 4 is 34.8 Å². The van der Waals surface area contributed by atoms with Crippen LogP contribution in [0.5, 0.6) is 5.75 Å². The summed E-state index contributed by atoms with van der Waals surface area (Å²) in [4.78, 5) is 30.9. The summed E-state index contributed by atoms with van der Waals surface area (Å²) in [6, 6.07) is 4.58. The average molecular weight is 483 g/mol. The molecular formula is C22H20ClFN8O2. The van der Waals surface area contributed by atoms with Gasteiger partial charge in [-0.2, -0.15) is 5.10 Å². The van der Waals surface area contributed by atoms with Crippen molar-refractivity contribution in [2.45, 2.75) is 31.6 Å². The zero-order valence-electron chi connectivity index (χ0n) is 18.1. The van der Waals surface area contributed by atoms with Crippen LogP contribution in [-0.2, 0) is 16.6 Å². The molecule has 34 heavy (non-hydrogen) atoms. The number of unbranched alkanes of at least 4 members (excludes halogenated alkanes) is 1. The largest absolute Gasteiger partial charge is 0.506 e. The van der Waals surface area contributed by atoms with Crippen LogP contribution >= 0.6 is 11.6 Å². The summed E-state index contributed by atoms with van der Waals surface area (Å²) >= 11 is 5.94. The van der Waals surface area contributed by atoms with Gasteiger partial charge in [0.25, 0.3) is 0 Å². The van der Waals surface area contributed by atoms with Crippen molar-refractivity contribution in [3.05, 3.63) is 52.6 Å². The van der Waals surface area contributed by atoms with Crippen LogP contribution in [0, 0.1) is 0 Å². The summed E-state index contributed by atoms with van der Waals surface area (Å²) in [7, 11) is 0. The van der Waals surface area contributed by atoms with Gasteiger partial charge >= 0.3 is 0 Å². The monoisotopic (exact) mass is 482 g/mol. The number of nitrogens with zero attached hydrogens (tertiary/aromatic N) is 6. The zero-order valence-corrected chi connectivity index (χ0v) is 18.8. The lowest BCUT2D eigenvalue weighted by atomic mass is 9.77. The first-order valence-electron chi connectivity index (χ1n) is 10.6. The number of benzene rings is 1. The molecule has 174 valence electrons. The van der Waals surface area contributed by atoms with Crippen LogP contribution in [0.3, 0.4) is 0 Å². The number of nitrogens with two attached hydrogens (primary N) is 1. The summed E-state index contributed by atoms with van der Waals surface area (Å²) in [5.74, 6) is 0.0277. The first kappa shape index (κ1) is 22.0. The minimum atomic E-state index is -1.24. The third-order valence-electron chi connectivity index (χ3n) is 6.00. The number of halogens is 2. The molecule has 5 rings (SSSR count). The molecule has 1 atom stereocenters. The summed E-state index contributed by atoms with van der Waals surface area (Å²) < 4.78 is 14.1. The van der Waals surface area contributed by atoms with Crippen LogP contribution in [-0.4, -0.2) is 47.2 Å². The number of aromatic hydroxyl groups is 1. The maximum absolute atomic E-state index is 13.1. The highest BCUT2D eigenvalue weighted by Gasteiger charge is 2.47. The van der Waals surface area contributed by atoms with Crippen LogP contribution in [0.4, 0.5) is 16.0 Å². The highest BCUT2D eigenvalue weighted by atomic mass is 35.5. The number of aryl methyl sites for hydroxylation is 1. The Morgan fingerprint density at radius 1 is 1.26 bits per heavy atom. The van der Waals surface area contributed by atoms with E-state index in [9.17, 15) is 14.3 Å². The molecule has 10 nitrogen and oxygen atoms in total. The Balaban J connectivity index is 1.61. The second-order valence-corrected chi connectivity index (χ2v) is 8.56. The number of alkyl halides is 1. The van der Waals surface area contributed by atoms with Crippen LogP contribution in [0.2, 0.25) is 5.02 Å². The van der Waals surface area contributed by atoms with Crippen LogP contribution in [0.1, 0.15) is 36.6 Å². The topological polar surface area (TPSA) is 144 Å².